The van der Waals surface area contributed by atoms with E-state index in [2.05, 4.69) is 4.84 Å². The molecule has 0 aliphatic rings. The second-order valence-electron chi connectivity index (χ2n) is 3.85. The van der Waals surface area contributed by atoms with Crippen LogP contribution >= 0.6 is 0 Å². The Balaban J connectivity index is 3.94. The number of rotatable bonds is 3. The maximum Gasteiger partial charge on any atom is 0.227 e. The van der Waals surface area contributed by atoms with Gasteiger partial charge in [0, 0.05) is 19.0 Å². The van der Waals surface area contributed by atoms with Crippen LogP contribution in [-0.4, -0.2) is 31.0 Å². The third-order valence-electron chi connectivity index (χ3n) is 1.53. The molecule has 0 unspecified atom stereocenters. The van der Waals surface area contributed by atoms with Gasteiger partial charge in [0.05, 0.1) is 6.61 Å². The first-order chi connectivity index (χ1) is 5.39. The molecule has 0 aliphatic carbocycles. The topological polar surface area (TPSA) is 55.6 Å². The molecule has 0 rings (SSSR count). The number of hydrogen-bond donors (Lipinski definition) is 1. The van der Waals surface area contributed by atoms with Crippen LogP contribution in [0.15, 0.2) is 0 Å². The van der Waals surface area contributed by atoms with Gasteiger partial charge in [-0.25, -0.2) is 5.90 Å². The molecule has 0 radical (unpaired) electrons. The normalized spacial score (nSPS) is 11.4. The molecule has 12 heavy (non-hydrogen) atoms. The van der Waals surface area contributed by atoms with Gasteiger partial charge in [-0.1, -0.05) is 20.8 Å². The summed E-state index contributed by atoms with van der Waals surface area (Å²) >= 11 is 0. The van der Waals surface area contributed by atoms with Crippen LogP contribution in [0.5, 0.6) is 0 Å². The van der Waals surface area contributed by atoms with Gasteiger partial charge in [-0.2, -0.15) is 0 Å². The minimum atomic E-state index is -0.330. The zero-order valence-corrected chi connectivity index (χ0v) is 8.26. The van der Waals surface area contributed by atoms with E-state index in [-0.39, 0.29) is 11.3 Å². The monoisotopic (exact) mass is 174 g/mol. The molecule has 2 N–H and O–H groups in total. The largest absolute Gasteiger partial charge is 0.343 e. The minimum absolute atomic E-state index is 0.0968. The Morgan fingerprint density at radius 2 is 2.00 bits per heavy atom. The van der Waals surface area contributed by atoms with Crippen molar-refractivity contribution in [2.75, 3.05) is 20.2 Å². The van der Waals surface area contributed by atoms with Gasteiger partial charge in [-0.05, 0) is 0 Å². The van der Waals surface area contributed by atoms with Crippen molar-refractivity contribution < 1.29 is 9.63 Å². The van der Waals surface area contributed by atoms with Crippen molar-refractivity contribution in [1.82, 2.24) is 4.90 Å². The van der Waals surface area contributed by atoms with Gasteiger partial charge in [0.2, 0.25) is 5.91 Å². The van der Waals surface area contributed by atoms with Crippen LogP contribution in [0.25, 0.3) is 0 Å². The van der Waals surface area contributed by atoms with Crippen molar-refractivity contribution in [3.8, 4) is 0 Å². The zero-order chi connectivity index (χ0) is 9.78. The molecule has 0 heterocycles. The molecule has 0 fully saturated rings. The highest BCUT2D eigenvalue weighted by Gasteiger charge is 2.24. The minimum Gasteiger partial charge on any atom is -0.343 e. The number of nitrogens with zero attached hydrogens (tertiary/aromatic N) is 1. The maximum atomic E-state index is 11.5. The Morgan fingerprint density at radius 3 is 2.33 bits per heavy atom. The van der Waals surface area contributed by atoms with Crippen molar-refractivity contribution in [2.24, 2.45) is 11.3 Å². The average molecular weight is 174 g/mol. The molecule has 72 valence electrons. The summed E-state index contributed by atoms with van der Waals surface area (Å²) < 4.78 is 0. The Bertz CT molecular complexity index is 152. The van der Waals surface area contributed by atoms with E-state index in [1.807, 2.05) is 20.8 Å². The summed E-state index contributed by atoms with van der Waals surface area (Å²) in [5, 5.41) is 0. The third-order valence-corrected chi connectivity index (χ3v) is 1.53. The van der Waals surface area contributed by atoms with E-state index in [1.54, 1.807) is 11.9 Å². The van der Waals surface area contributed by atoms with Crippen LogP contribution in [0.1, 0.15) is 20.8 Å². The van der Waals surface area contributed by atoms with Crippen LogP contribution in [0.4, 0.5) is 0 Å². The lowest BCUT2D eigenvalue weighted by Crippen LogP contribution is -2.38. The second-order valence-corrected chi connectivity index (χ2v) is 3.85. The van der Waals surface area contributed by atoms with Crippen LogP contribution in [0.3, 0.4) is 0 Å². The molecule has 0 bridgehead atoms. The van der Waals surface area contributed by atoms with E-state index in [9.17, 15) is 4.79 Å². The number of hydrogen-bond acceptors (Lipinski definition) is 3. The van der Waals surface area contributed by atoms with Crippen LogP contribution in [0, 0.1) is 5.41 Å². The lowest BCUT2D eigenvalue weighted by Gasteiger charge is -2.25. The smallest absolute Gasteiger partial charge is 0.227 e. The molecule has 0 spiro atoms. The SMILES string of the molecule is CN(CCON)C(=O)C(C)(C)C. The van der Waals surface area contributed by atoms with Crippen LogP contribution in [-0.2, 0) is 9.63 Å². The Labute approximate surface area is 73.6 Å². The lowest BCUT2D eigenvalue weighted by atomic mass is 9.95. The Hall–Kier alpha value is -0.610. The van der Waals surface area contributed by atoms with E-state index >= 15 is 0 Å². The Kier molecular flexibility index (Phi) is 4.20. The molecule has 4 heteroatoms. The molecule has 0 atom stereocenters. The van der Waals surface area contributed by atoms with E-state index < -0.39 is 0 Å². The van der Waals surface area contributed by atoms with Gasteiger partial charge in [0.15, 0.2) is 0 Å². The Morgan fingerprint density at radius 1 is 1.50 bits per heavy atom. The summed E-state index contributed by atoms with van der Waals surface area (Å²) in [6.45, 7) is 6.56. The highest BCUT2D eigenvalue weighted by atomic mass is 16.6. The fraction of sp³-hybridized carbons (Fsp3) is 0.875. The summed E-state index contributed by atoms with van der Waals surface area (Å²) in [7, 11) is 1.74. The first-order valence-electron chi connectivity index (χ1n) is 3.97. The van der Waals surface area contributed by atoms with Crippen LogP contribution < -0.4 is 5.90 Å². The van der Waals surface area contributed by atoms with Gasteiger partial charge < -0.3 is 9.74 Å². The van der Waals surface area contributed by atoms with Gasteiger partial charge >= 0.3 is 0 Å². The van der Waals surface area contributed by atoms with Crippen molar-refractivity contribution in [2.45, 2.75) is 20.8 Å². The van der Waals surface area contributed by atoms with E-state index in [0.717, 1.165) is 0 Å². The first kappa shape index (κ1) is 11.4. The summed E-state index contributed by atoms with van der Waals surface area (Å²) in [5.74, 6) is 4.94. The predicted molar refractivity (Wildman–Crippen MR) is 47.2 cm³/mol. The quantitative estimate of drug-likeness (QED) is 0.629. The summed E-state index contributed by atoms with van der Waals surface area (Å²) in [4.78, 5) is 17.5. The number of carbonyl (C=O) groups excluding carboxylic acids is 1. The molecular formula is C8H18N2O2. The molecule has 0 aromatic heterocycles. The fourth-order valence-corrected chi connectivity index (χ4v) is 0.864. The van der Waals surface area contributed by atoms with Crippen molar-refractivity contribution in [3.63, 3.8) is 0 Å². The molecule has 4 nitrogen and oxygen atoms in total. The van der Waals surface area contributed by atoms with Crippen LogP contribution in [0.2, 0.25) is 0 Å². The highest BCUT2D eigenvalue weighted by molar-refractivity contribution is 5.81. The molecule has 0 saturated heterocycles. The molecule has 0 aromatic carbocycles. The number of carbonyl (C=O) groups is 1. The molecule has 1 amide bonds. The number of nitrogens with two attached hydrogens (primary N) is 1. The lowest BCUT2D eigenvalue weighted by molar-refractivity contribution is -0.138. The molecule has 0 aromatic rings. The highest BCUT2D eigenvalue weighted by Crippen LogP contribution is 2.15. The maximum absolute atomic E-state index is 11.5. The van der Waals surface area contributed by atoms with E-state index in [4.69, 9.17) is 5.90 Å². The third kappa shape index (κ3) is 3.69. The van der Waals surface area contributed by atoms with Gasteiger partial charge in [0.1, 0.15) is 0 Å². The van der Waals surface area contributed by atoms with Crippen molar-refractivity contribution >= 4 is 5.91 Å². The van der Waals surface area contributed by atoms with Gasteiger partial charge in [-0.3, -0.25) is 4.79 Å². The predicted octanol–water partition coefficient (Wildman–Crippen LogP) is 0.381. The second kappa shape index (κ2) is 4.42. The zero-order valence-electron chi connectivity index (χ0n) is 8.26. The molecular weight excluding hydrogens is 156 g/mol. The van der Waals surface area contributed by atoms with Gasteiger partial charge in [0.25, 0.3) is 0 Å². The first-order valence-corrected chi connectivity index (χ1v) is 3.97. The fourth-order valence-electron chi connectivity index (χ4n) is 0.864. The van der Waals surface area contributed by atoms with E-state index in [0.29, 0.717) is 13.2 Å². The summed E-state index contributed by atoms with van der Waals surface area (Å²) in [5.41, 5.74) is -0.330. The number of likely N-dealkylation sites (N-methyl/N-ethyl adjacent to an activating group) is 1. The standard InChI is InChI=1S/C8H18N2O2/c1-8(2,3)7(11)10(4)5-6-12-9/h5-6,9H2,1-4H3. The average Bonchev–Trinajstić information content (AvgIpc) is 1.97. The van der Waals surface area contributed by atoms with Crippen molar-refractivity contribution in [3.05, 3.63) is 0 Å². The van der Waals surface area contributed by atoms with E-state index in [1.165, 1.54) is 0 Å². The molecule has 0 aliphatic heterocycles. The number of amides is 1. The summed E-state index contributed by atoms with van der Waals surface area (Å²) in [6, 6.07) is 0. The van der Waals surface area contributed by atoms with Gasteiger partial charge in [-0.15, -0.1) is 0 Å². The summed E-state index contributed by atoms with van der Waals surface area (Å²) in [6.07, 6.45) is 0. The van der Waals surface area contributed by atoms with Crippen molar-refractivity contribution in [1.29, 1.82) is 0 Å². The molecule has 0 saturated carbocycles.